The van der Waals surface area contributed by atoms with E-state index in [4.69, 9.17) is 10.8 Å². The fraction of sp³-hybridized carbons (Fsp3) is 0.667. The van der Waals surface area contributed by atoms with Crippen molar-refractivity contribution in [1.29, 1.82) is 0 Å². The number of hydrogen-bond acceptors (Lipinski definition) is 4. The van der Waals surface area contributed by atoms with E-state index < -0.39 is 12.0 Å². The quantitative estimate of drug-likeness (QED) is 0.469. The standard InChI is InChI=1S/C5H11NO2S.CH4N2S/c1-9-3-2-4(6)5(7)8;2-1(3)4/h4H,2-3,6H2,1H3,(H,7,8);(H4,2,3,4). The van der Waals surface area contributed by atoms with Gasteiger partial charge < -0.3 is 22.3 Å². The highest BCUT2D eigenvalue weighted by molar-refractivity contribution is 7.98. The molecule has 1 atom stereocenters. The Kier molecular flexibility index (Phi) is 11.0. The van der Waals surface area contributed by atoms with E-state index in [1.807, 2.05) is 6.26 Å². The van der Waals surface area contributed by atoms with Crippen LogP contribution in [-0.4, -0.2) is 34.2 Å². The Morgan fingerprint density at radius 2 is 2.00 bits per heavy atom. The van der Waals surface area contributed by atoms with Gasteiger partial charge in [-0.3, -0.25) is 4.79 Å². The van der Waals surface area contributed by atoms with E-state index in [2.05, 4.69) is 23.7 Å². The minimum atomic E-state index is -0.913. The minimum Gasteiger partial charge on any atom is -0.480 e. The van der Waals surface area contributed by atoms with Gasteiger partial charge in [-0.2, -0.15) is 11.8 Å². The molecule has 0 bridgehead atoms. The lowest BCUT2D eigenvalue weighted by molar-refractivity contribution is -0.138. The lowest BCUT2D eigenvalue weighted by atomic mass is 10.2. The summed E-state index contributed by atoms with van der Waals surface area (Å²) in [6, 6.07) is -0.683. The number of carboxylic acids is 1. The van der Waals surface area contributed by atoms with Crippen molar-refractivity contribution >= 4 is 35.1 Å². The molecular weight excluding hydrogens is 210 g/mol. The fourth-order valence-electron chi connectivity index (χ4n) is 0.368. The third kappa shape index (κ3) is 18.4. The molecule has 0 radical (unpaired) electrons. The molecule has 0 aliphatic rings. The van der Waals surface area contributed by atoms with Crippen molar-refractivity contribution in [3.63, 3.8) is 0 Å². The molecule has 0 aromatic rings. The van der Waals surface area contributed by atoms with Gasteiger partial charge >= 0.3 is 5.97 Å². The SMILES string of the molecule is CSCCC(N)C(=O)O.NC(N)=S. The molecule has 0 aromatic carbocycles. The second kappa shape index (κ2) is 9.56. The van der Waals surface area contributed by atoms with Gasteiger partial charge in [0, 0.05) is 0 Å². The highest BCUT2D eigenvalue weighted by Crippen LogP contribution is 1.97. The van der Waals surface area contributed by atoms with E-state index in [0.29, 0.717) is 6.42 Å². The summed E-state index contributed by atoms with van der Waals surface area (Å²) in [6.07, 6.45) is 2.48. The van der Waals surface area contributed by atoms with Crippen molar-refractivity contribution in [3.05, 3.63) is 0 Å². The molecule has 0 aliphatic carbocycles. The molecule has 0 amide bonds. The Balaban J connectivity index is 0. The molecule has 0 aliphatic heterocycles. The summed E-state index contributed by atoms with van der Waals surface area (Å²) in [5.74, 6) is -0.1000. The Labute approximate surface area is 87.0 Å². The van der Waals surface area contributed by atoms with E-state index in [-0.39, 0.29) is 5.11 Å². The molecule has 0 saturated heterocycles. The normalized spacial score (nSPS) is 10.9. The zero-order chi connectivity index (χ0) is 10.9. The van der Waals surface area contributed by atoms with E-state index in [1.54, 1.807) is 11.8 Å². The van der Waals surface area contributed by atoms with Crippen LogP contribution in [0.1, 0.15) is 6.42 Å². The molecule has 78 valence electrons. The van der Waals surface area contributed by atoms with Gasteiger partial charge in [-0.25, -0.2) is 0 Å². The summed E-state index contributed by atoms with van der Waals surface area (Å²) >= 11 is 5.70. The smallest absolute Gasteiger partial charge is 0.320 e. The maximum atomic E-state index is 10.1. The molecule has 0 rings (SSSR count). The largest absolute Gasteiger partial charge is 0.480 e. The first-order chi connectivity index (χ1) is 5.91. The molecule has 13 heavy (non-hydrogen) atoms. The number of carboxylic acid groups (broad SMARTS) is 1. The number of rotatable bonds is 4. The van der Waals surface area contributed by atoms with Gasteiger partial charge in [0.25, 0.3) is 0 Å². The van der Waals surface area contributed by atoms with E-state index in [1.165, 1.54) is 0 Å². The van der Waals surface area contributed by atoms with Crippen LogP contribution in [0, 0.1) is 0 Å². The Hall–Kier alpha value is -0.530. The predicted molar refractivity (Wildman–Crippen MR) is 59.6 cm³/mol. The summed E-state index contributed by atoms with van der Waals surface area (Å²) in [5, 5.41) is 8.27. The average Bonchev–Trinajstić information content (AvgIpc) is 1.98. The van der Waals surface area contributed by atoms with Crippen molar-refractivity contribution in [3.8, 4) is 0 Å². The molecule has 1 unspecified atom stereocenters. The van der Waals surface area contributed by atoms with Crippen LogP contribution in [0.2, 0.25) is 0 Å². The van der Waals surface area contributed by atoms with Gasteiger partial charge in [0.1, 0.15) is 6.04 Å². The molecule has 0 heterocycles. The average molecular weight is 225 g/mol. The fourth-order valence-corrected chi connectivity index (χ4v) is 0.858. The predicted octanol–water partition coefficient (Wildman–Crippen LogP) is -0.660. The molecule has 0 aromatic heterocycles. The lowest BCUT2D eigenvalue weighted by Crippen LogP contribution is -2.30. The summed E-state index contributed by atoms with van der Waals surface area (Å²) in [6.45, 7) is 0. The van der Waals surface area contributed by atoms with Crippen molar-refractivity contribution in [2.75, 3.05) is 12.0 Å². The third-order valence-electron chi connectivity index (χ3n) is 0.950. The molecule has 5 nitrogen and oxygen atoms in total. The third-order valence-corrected chi connectivity index (χ3v) is 1.59. The summed E-state index contributed by atoms with van der Waals surface area (Å²) in [4.78, 5) is 10.1. The van der Waals surface area contributed by atoms with Crippen LogP contribution in [-0.2, 0) is 4.79 Å². The first kappa shape index (κ1) is 15.0. The number of hydrogen-bond donors (Lipinski definition) is 4. The second-order valence-corrected chi connectivity index (χ2v) is 3.59. The van der Waals surface area contributed by atoms with Crippen LogP contribution in [0.3, 0.4) is 0 Å². The van der Waals surface area contributed by atoms with Crippen LogP contribution in [0.4, 0.5) is 0 Å². The highest BCUT2D eigenvalue weighted by Gasteiger charge is 2.08. The van der Waals surface area contributed by atoms with Crippen LogP contribution in [0.5, 0.6) is 0 Å². The molecule has 0 spiro atoms. The monoisotopic (exact) mass is 225 g/mol. The van der Waals surface area contributed by atoms with E-state index in [0.717, 1.165) is 5.75 Å². The number of aliphatic carboxylic acids is 1. The maximum Gasteiger partial charge on any atom is 0.320 e. The van der Waals surface area contributed by atoms with Gasteiger partial charge in [0.15, 0.2) is 5.11 Å². The van der Waals surface area contributed by atoms with Crippen LogP contribution < -0.4 is 17.2 Å². The van der Waals surface area contributed by atoms with Crippen LogP contribution in [0.15, 0.2) is 0 Å². The van der Waals surface area contributed by atoms with Gasteiger partial charge in [0.2, 0.25) is 0 Å². The van der Waals surface area contributed by atoms with Crippen LogP contribution in [0.25, 0.3) is 0 Å². The van der Waals surface area contributed by atoms with Crippen molar-refractivity contribution in [2.24, 2.45) is 17.2 Å². The van der Waals surface area contributed by atoms with E-state index in [9.17, 15) is 4.79 Å². The Bertz CT molecular complexity index is 162. The zero-order valence-electron chi connectivity index (χ0n) is 7.40. The number of carbonyl (C=O) groups is 1. The summed E-state index contributed by atoms with van der Waals surface area (Å²) in [5.41, 5.74) is 14.4. The number of thiocarbonyl (C=S) groups is 1. The van der Waals surface area contributed by atoms with Crippen molar-refractivity contribution < 1.29 is 9.90 Å². The highest BCUT2D eigenvalue weighted by atomic mass is 32.2. The van der Waals surface area contributed by atoms with Crippen molar-refractivity contribution in [2.45, 2.75) is 12.5 Å². The lowest BCUT2D eigenvalue weighted by Gasteiger charge is -2.02. The Morgan fingerprint density at radius 3 is 2.23 bits per heavy atom. The second-order valence-electron chi connectivity index (χ2n) is 2.13. The van der Waals surface area contributed by atoms with Crippen molar-refractivity contribution in [1.82, 2.24) is 0 Å². The number of thioether (sulfide) groups is 1. The topological polar surface area (TPSA) is 115 Å². The minimum absolute atomic E-state index is 0.000000000000000222. The first-order valence-corrected chi connectivity index (χ1v) is 5.24. The molecule has 0 fully saturated rings. The molecule has 7 N–H and O–H groups in total. The zero-order valence-corrected chi connectivity index (χ0v) is 9.03. The summed E-state index contributed by atoms with van der Waals surface area (Å²) in [7, 11) is 0. The Morgan fingerprint density at radius 1 is 1.62 bits per heavy atom. The van der Waals surface area contributed by atoms with E-state index >= 15 is 0 Å². The molecule has 0 saturated carbocycles. The maximum absolute atomic E-state index is 10.1. The molecular formula is C6H15N3O2S2. The van der Waals surface area contributed by atoms with Gasteiger partial charge in [-0.05, 0) is 30.6 Å². The molecule has 7 heteroatoms. The first-order valence-electron chi connectivity index (χ1n) is 3.44. The van der Waals surface area contributed by atoms with Gasteiger partial charge in [0.05, 0.1) is 0 Å². The van der Waals surface area contributed by atoms with Crippen LogP contribution >= 0.6 is 24.0 Å². The number of nitrogens with two attached hydrogens (primary N) is 3. The van der Waals surface area contributed by atoms with Gasteiger partial charge in [-0.15, -0.1) is 0 Å². The van der Waals surface area contributed by atoms with Gasteiger partial charge in [-0.1, -0.05) is 0 Å². The summed E-state index contributed by atoms with van der Waals surface area (Å²) < 4.78 is 0.